The molecule has 11 heteroatoms. The van der Waals surface area contributed by atoms with Crippen LogP contribution in [0.4, 0.5) is 17.3 Å². The van der Waals surface area contributed by atoms with E-state index in [1.54, 1.807) is 25.4 Å². The molecule has 2 aromatic heterocycles. The molecule has 180 valence electrons. The third-order valence-electron chi connectivity index (χ3n) is 5.46. The molecule has 1 aliphatic heterocycles. The monoisotopic (exact) mass is 503 g/mol. The maximum atomic E-state index is 11.1. The molecule has 3 aromatic rings. The highest BCUT2D eigenvalue weighted by atomic mass is 35.5. The summed E-state index contributed by atoms with van der Waals surface area (Å²) in [6.45, 7) is 2.04. The lowest BCUT2D eigenvalue weighted by Gasteiger charge is -2.22. The molecule has 0 amide bonds. The second-order valence-corrected chi connectivity index (χ2v) is 8.87. The van der Waals surface area contributed by atoms with E-state index in [-0.39, 0.29) is 6.10 Å². The van der Waals surface area contributed by atoms with Crippen LogP contribution >= 0.6 is 23.2 Å². The standard InChI is InChI=1S/C16H20N6O2.C7H7Cl2N/c23-10-11-7-18-16(21-15(11)24-14-1-2-14)20-12-8-19-22(9-12)13-3-5-17-6-4-13;1-10-7-5(8)3-2-4-6(7)9/h7-10,13-14,17H,1-6H2,(H,18,20,21);2-4,10H,1H3. The number of hydrogen-bond acceptors (Lipinski definition) is 8. The molecule has 0 radical (unpaired) electrons. The molecule has 0 unspecified atom stereocenters. The number of aldehydes is 1. The molecule has 0 bridgehead atoms. The van der Waals surface area contributed by atoms with Gasteiger partial charge in [-0.15, -0.1) is 0 Å². The van der Waals surface area contributed by atoms with E-state index in [0.717, 1.165) is 56.4 Å². The first kappa shape index (κ1) is 24.3. The Balaban J connectivity index is 0.000000231. The Morgan fingerprint density at radius 2 is 1.88 bits per heavy atom. The van der Waals surface area contributed by atoms with Gasteiger partial charge in [-0.25, -0.2) is 4.98 Å². The summed E-state index contributed by atoms with van der Waals surface area (Å²) < 4.78 is 7.67. The van der Waals surface area contributed by atoms with Crippen molar-refractivity contribution in [1.82, 2.24) is 25.1 Å². The van der Waals surface area contributed by atoms with Gasteiger partial charge in [-0.2, -0.15) is 10.1 Å². The van der Waals surface area contributed by atoms with E-state index in [1.807, 2.05) is 16.9 Å². The van der Waals surface area contributed by atoms with Crippen molar-refractivity contribution in [2.75, 3.05) is 30.8 Å². The summed E-state index contributed by atoms with van der Waals surface area (Å²) >= 11 is 11.6. The molecule has 2 aliphatic rings. The fraction of sp³-hybridized carbons (Fsp3) is 0.391. The highest BCUT2D eigenvalue weighted by molar-refractivity contribution is 6.39. The van der Waals surface area contributed by atoms with Gasteiger partial charge in [0.25, 0.3) is 0 Å². The van der Waals surface area contributed by atoms with Crippen LogP contribution in [0, 0.1) is 0 Å². The van der Waals surface area contributed by atoms with Crippen molar-refractivity contribution in [3.8, 4) is 5.88 Å². The predicted octanol–water partition coefficient (Wildman–Crippen LogP) is 4.73. The fourth-order valence-electron chi connectivity index (χ4n) is 3.49. The summed E-state index contributed by atoms with van der Waals surface area (Å²) in [4.78, 5) is 19.6. The summed E-state index contributed by atoms with van der Waals surface area (Å²) in [5, 5.41) is 15.1. The van der Waals surface area contributed by atoms with Gasteiger partial charge in [0.05, 0.1) is 39.2 Å². The molecule has 3 heterocycles. The summed E-state index contributed by atoms with van der Waals surface area (Å²) in [5.74, 6) is 0.747. The first-order chi connectivity index (χ1) is 16.6. The second kappa shape index (κ2) is 11.5. The lowest BCUT2D eigenvalue weighted by Crippen LogP contribution is -2.29. The maximum Gasteiger partial charge on any atom is 0.230 e. The van der Waals surface area contributed by atoms with Gasteiger partial charge >= 0.3 is 0 Å². The van der Waals surface area contributed by atoms with Crippen LogP contribution in [0.1, 0.15) is 42.1 Å². The van der Waals surface area contributed by atoms with E-state index in [4.69, 9.17) is 27.9 Å². The zero-order chi connectivity index (χ0) is 23.9. The fourth-order valence-corrected chi connectivity index (χ4v) is 4.08. The zero-order valence-electron chi connectivity index (χ0n) is 18.8. The quantitative estimate of drug-likeness (QED) is 0.397. The Labute approximate surface area is 208 Å². The first-order valence-corrected chi connectivity index (χ1v) is 12.0. The number of benzene rings is 1. The van der Waals surface area contributed by atoms with Gasteiger partial charge < -0.3 is 20.7 Å². The second-order valence-electron chi connectivity index (χ2n) is 8.05. The average Bonchev–Trinajstić information content (AvgIpc) is 3.55. The van der Waals surface area contributed by atoms with Crippen molar-refractivity contribution in [2.45, 2.75) is 37.8 Å². The zero-order valence-corrected chi connectivity index (χ0v) is 20.3. The van der Waals surface area contributed by atoms with Crippen molar-refractivity contribution >= 4 is 46.8 Å². The summed E-state index contributed by atoms with van der Waals surface area (Å²) in [6.07, 6.45) is 10.3. The minimum atomic E-state index is 0.175. The topological polar surface area (TPSA) is 106 Å². The smallest absolute Gasteiger partial charge is 0.230 e. The van der Waals surface area contributed by atoms with Crippen molar-refractivity contribution in [1.29, 1.82) is 0 Å². The summed E-state index contributed by atoms with van der Waals surface area (Å²) in [7, 11) is 1.78. The van der Waals surface area contributed by atoms with Crippen molar-refractivity contribution in [2.24, 2.45) is 0 Å². The van der Waals surface area contributed by atoms with E-state index in [9.17, 15) is 4.79 Å². The number of carbonyl (C=O) groups excluding carboxylic acids is 1. The van der Waals surface area contributed by atoms with Crippen LogP contribution in [0.15, 0.2) is 36.8 Å². The molecule has 1 saturated heterocycles. The van der Waals surface area contributed by atoms with Gasteiger partial charge in [-0.1, -0.05) is 29.3 Å². The molecular weight excluding hydrogens is 477 g/mol. The number of para-hydroxylation sites is 1. The van der Waals surface area contributed by atoms with Gasteiger partial charge in [0.15, 0.2) is 6.29 Å². The van der Waals surface area contributed by atoms with Crippen LogP contribution in [-0.2, 0) is 0 Å². The molecule has 9 nitrogen and oxygen atoms in total. The van der Waals surface area contributed by atoms with Crippen LogP contribution in [0.5, 0.6) is 5.88 Å². The van der Waals surface area contributed by atoms with Gasteiger partial charge in [-0.05, 0) is 50.9 Å². The predicted molar refractivity (Wildman–Crippen MR) is 134 cm³/mol. The minimum Gasteiger partial charge on any atom is -0.474 e. The van der Waals surface area contributed by atoms with Crippen LogP contribution in [0.2, 0.25) is 10.0 Å². The number of carbonyl (C=O) groups is 1. The molecule has 5 rings (SSSR count). The normalized spacial score (nSPS) is 15.7. The Morgan fingerprint density at radius 1 is 1.15 bits per heavy atom. The largest absolute Gasteiger partial charge is 0.474 e. The minimum absolute atomic E-state index is 0.175. The Morgan fingerprint density at radius 3 is 2.50 bits per heavy atom. The van der Waals surface area contributed by atoms with Crippen LogP contribution in [0.25, 0.3) is 0 Å². The SMILES string of the molecule is CNc1c(Cl)cccc1Cl.O=Cc1cnc(Nc2cnn(C3CCNCC3)c2)nc1OC1CC1. The van der Waals surface area contributed by atoms with Gasteiger partial charge in [0, 0.05) is 19.4 Å². The van der Waals surface area contributed by atoms with Crippen LogP contribution in [-0.4, -0.2) is 52.3 Å². The molecule has 2 fully saturated rings. The number of nitrogens with zero attached hydrogens (tertiary/aromatic N) is 4. The average molecular weight is 504 g/mol. The first-order valence-electron chi connectivity index (χ1n) is 11.2. The molecular formula is C23H27Cl2N7O2. The summed E-state index contributed by atoms with van der Waals surface area (Å²) in [5.41, 5.74) is 1.98. The highest BCUT2D eigenvalue weighted by Crippen LogP contribution is 2.29. The van der Waals surface area contributed by atoms with Crippen molar-refractivity contribution in [3.05, 3.63) is 52.4 Å². The molecule has 0 atom stereocenters. The van der Waals surface area contributed by atoms with E-state index >= 15 is 0 Å². The molecule has 34 heavy (non-hydrogen) atoms. The van der Waals surface area contributed by atoms with Gasteiger partial charge in [0.1, 0.15) is 6.10 Å². The van der Waals surface area contributed by atoms with E-state index in [2.05, 4.69) is 31.0 Å². The number of ether oxygens (including phenoxy) is 1. The van der Waals surface area contributed by atoms with Crippen molar-refractivity contribution < 1.29 is 9.53 Å². The number of nitrogens with one attached hydrogen (secondary N) is 3. The Kier molecular flexibility index (Phi) is 8.21. The lowest BCUT2D eigenvalue weighted by molar-refractivity contribution is 0.111. The Hall–Kier alpha value is -2.88. The molecule has 1 aliphatic carbocycles. The third kappa shape index (κ3) is 6.37. The maximum absolute atomic E-state index is 11.1. The third-order valence-corrected chi connectivity index (χ3v) is 6.09. The molecule has 1 saturated carbocycles. The van der Waals surface area contributed by atoms with Crippen molar-refractivity contribution in [3.63, 3.8) is 0 Å². The van der Waals surface area contributed by atoms with Crippen LogP contribution < -0.4 is 20.7 Å². The van der Waals surface area contributed by atoms with E-state index in [0.29, 0.717) is 33.5 Å². The number of aromatic nitrogens is 4. The van der Waals surface area contributed by atoms with E-state index in [1.165, 1.54) is 6.20 Å². The number of anilines is 3. The van der Waals surface area contributed by atoms with Gasteiger partial charge in [0.2, 0.25) is 11.8 Å². The van der Waals surface area contributed by atoms with E-state index < -0.39 is 0 Å². The molecule has 3 N–H and O–H groups in total. The van der Waals surface area contributed by atoms with Crippen LogP contribution in [0.3, 0.4) is 0 Å². The number of halogens is 2. The number of rotatable bonds is 7. The Bertz CT molecular complexity index is 1090. The lowest BCUT2D eigenvalue weighted by atomic mass is 10.1. The summed E-state index contributed by atoms with van der Waals surface area (Å²) in [6, 6.07) is 5.82. The highest BCUT2D eigenvalue weighted by Gasteiger charge is 2.25. The number of piperidine rings is 1. The molecule has 0 spiro atoms. The van der Waals surface area contributed by atoms with Gasteiger partial charge in [-0.3, -0.25) is 9.48 Å². The molecule has 1 aromatic carbocycles. The number of hydrogen-bond donors (Lipinski definition) is 3.